The van der Waals surface area contributed by atoms with E-state index in [4.69, 9.17) is 4.74 Å². The van der Waals surface area contributed by atoms with Gasteiger partial charge in [0.1, 0.15) is 18.8 Å². The number of ether oxygens (including phenoxy) is 1. The van der Waals surface area contributed by atoms with E-state index in [0.717, 1.165) is 21.4 Å². The normalized spacial score (nSPS) is 14.5. The summed E-state index contributed by atoms with van der Waals surface area (Å²) in [5.74, 6) is -1.47. The van der Waals surface area contributed by atoms with Gasteiger partial charge in [0.05, 0.1) is 6.61 Å². The molecule has 2 aromatic carbocycles. The molecule has 34 heavy (non-hydrogen) atoms. The van der Waals surface area contributed by atoms with Crippen LogP contribution < -0.4 is 10.6 Å². The Hall–Kier alpha value is -4.40. The van der Waals surface area contributed by atoms with Gasteiger partial charge in [-0.15, -0.1) is 0 Å². The number of fused-ring (bicyclic) bond motifs is 1. The van der Waals surface area contributed by atoms with Crippen LogP contribution in [0, 0.1) is 6.92 Å². The van der Waals surface area contributed by atoms with Gasteiger partial charge in [0.2, 0.25) is 5.91 Å². The highest BCUT2D eigenvalue weighted by molar-refractivity contribution is 6.16. The quantitative estimate of drug-likeness (QED) is 0.320. The first-order valence-corrected chi connectivity index (χ1v) is 10.8. The van der Waals surface area contributed by atoms with Crippen molar-refractivity contribution in [3.8, 4) is 0 Å². The van der Waals surface area contributed by atoms with E-state index in [9.17, 15) is 19.2 Å². The van der Waals surface area contributed by atoms with Crippen molar-refractivity contribution in [1.29, 1.82) is 0 Å². The molecule has 0 spiro atoms. The zero-order chi connectivity index (χ0) is 24.2. The van der Waals surface area contributed by atoms with E-state index in [0.29, 0.717) is 11.3 Å². The van der Waals surface area contributed by atoms with Crippen molar-refractivity contribution in [2.45, 2.75) is 20.4 Å². The van der Waals surface area contributed by atoms with E-state index in [1.165, 1.54) is 0 Å². The second-order valence-electron chi connectivity index (χ2n) is 7.83. The molecule has 1 aliphatic rings. The van der Waals surface area contributed by atoms with Gasteiger partial charge in [0.25, 0.3) is 5.91 Å². The van der Waals surface area contributed by atoms with Crippen LogP contribution in [0.15, 0.2) is 60.4 Å². The Bertz CT molecular complexity index is 1310. The lowest BCUT2D eigenvalue weighted by Crippen LogP contribution is -2.38. The summed E-state index contributed by atoms with van der Waals surface area (Å²) in [6.07, 6.45) is 3.27. The number of aromatic nitrogens is 1. The minimum Gasteiger partial charge on any atom is -0.465 e. The molecule has 1 aromatic heterocycles. The van der Waals surface area contributed by atoms with Gasteiger partial charge in [-0.3, -0.25) is 14.4 Å². The van der Waals surface area contributed by atoms with Crippen LogP contribution in [0.2, 0.25) is 0 Å². The van der Waals surface area contributed by atoms with Crippen LogP contribution in [0.5, 0.6) is 0 Å². The first kappa shape index (κ1) is 22.8. The van der Waals surface area contributed by atoms with Crippen molar-refractivity contribution < 1.29 is 23.9 Å². The minimum atomic E-state index is -0.675. The average molecular weight is 460 g/mol. The van der Waals surface area contributed by atoms with Gasteiger partial charge in [-0.05, 0) is 38.1 Å². The summed E-state index contributed by atoms with van der Waals surface area (Å²) >= 11 is 0. The molecule has 1 aliphatic heterocycles. The molecule has 0 radical (unpaired) electrons. The Morgan fingerprint density at radius 3 is 2.53 bits per heavy atom. The molecule has 174 valence electrons. The molecule has 2 N–H and O–H groups in total. The largest absolute Gasteiger partial charge is 0.465 e. The lowest BCUT2D eigenvalue weighted by atomic mass is 10.1. The third kappa shape index (κ3) is 4.83. The number of imide groups is 1. The summed E-state index contributed by atoms with van der Waals surface area (Å²) in [6.45, 7) is 3.55. The number of rotatable bonds is 7. The first-order valence-electron chi connectivity index (χ1n) is 10.8. The maximum absolute atomic E-state index is 12.9. The van der Waals surface area contributed by atoms with E-state index in [1.807, 2.05) is 43.3 Å². The molecule has 0 atom stereocenters. The maximum atomic E-state index is 12.9. The molecule has 9 nitrogen and oxygen atoms in total. The third-order valence-electron chi connectivity index (χ3n) is 5.32. The predicted octanol–water partition coefficient (Wildman–Crippen LogP) is 3.04. The molecule has 0 aliphatic carbocycles. The SMILES string of the molecule is CCOC(=O)Cn1cc(C=C2NC(=O)N(CC(=O)Nc3ccc(C)cc3)C2=O)c2ccccc21. The monoisotopic (exact) mass is 460 g/mol. The smallest absolute Gasteiger partial charge is 0.329 e. The Balaban J connectivity index is 1.53. The molecule has 9 heteroatoms. The van der Waals surface area contributed by atoms with Gasteiger partial charge in [0, 0.05) is 28.4 Å². The van der Waals surface area contributed by atoms with E-state index in [1.54, 1.807) is 35.9 Å². The minimum absolute atomic E-state index is 0.0170. The number of anilines is 1. The molecule has 3 aromatic rings. The van der Waals surface area contributed by atoms with Crippen LogP contribution in [-0.2, 0) is 25.7 Å². The van der Waals surface area contributed by atoms with Crippen LogP contribution in [0.25, 0.3) is 17.0 Å². The van der Waals surface area contributed by atoms with Crippen molar-refractivity contribution in [3.63, 3.8) is 0 Å². The second kappa shape index (κ2) is 9.62. The number of carbonyl (C=O) groups excluding carboxylic acids is 4. The molecule has 0 bridgehead atoms. The van der Waals surface area contributed by atoms with Gasteiger partial charge in [0.15, 0.2) is 0 Å². The molecular weight excluding hydrogens is 436 g/mol. The molecule has 1 fully saturated rings. The van der Waals surface area contributed by atoms with Crippen molar-refractivity contribution in [2.75, 3.05) is 18.5 Å². The third-order valence-corrected chi connectivity index (χ3v) is 5.32. The number of amides is 4. The fourth-order valence-electron chi connectivity index (χ4n) is 3.72. The van der Waals surface area contributed by atoms with E-state index < -0.39 is 24.4 Å². The predicted molar refractivity (Wildman–Crippen MR) is 127 cm³/mol. The van der Waals surface area contributed by atoms with Crippen molar-refractivity contribution in [1.82, 2.24) is 14.8 Å². The summed E-state index contributed by atoms with van der Waals surface area (Å²) in [7, 11) is 0. The van der Waals surface area contributed by atoms with Gasteiger partial charge in [-0.25, -0.2) is 9.69 Å². The number of para-hydroxylation sites is 1. The van der Waals surface area contributed by atoms with Crippen molar-refractivity contribution in [2.24, 2.45) is 0 Å². The van der Waals surface area contributed by atoms with Crippen LogP contribution in [-0.4, -0.2) is 46.4 Å². The average Bonchev–Trinajstić information content (AvgIpc) is 3.27. The first-order chi connectivity index (χ1) is 16.4. The summed E-state index contributed by atoms with van der Waals surface area (Å²) < 4.78 is 6.77. The van der Waals surface area contributed by atoms with E-state index in [2.05, 4.69) is 10.6 Å². The lowest BCUT2D eigenvalue weighted by Gasteiger charge is -2.12. The molecule has 4 amide bonds. The zero-order valence-electron chi connectivity index (χ0n) is 18.8. The molecule has 0 unspecified atom stereocenters. The van der Waals surface area contributed by atoms with Crippen LogP contribution >= 0.6 is 0 Å². The fraction of sp³-hybridized carbons (Fsp3) is 0.200. The standard InChI is InChI=1S/C25H24N4O5/c1-3-34-23(31)15-28-13-17(19-6-4-5-7-21(19)28)12-20-24(32)29(25(33)27-20)14-22(30)26-18-10-8-16(2)9-11-18/h4-13H,3,14-15H2,1-2H3,(H,26,30)(H,27,33). The second-order valence-corrected chi connectivity index (χ2v) is 7.83. The van der Waals surface area contributed by atoms with Crippen LogP contribution in [0.4, 0.5) is 10.5 Å². The molecule has 4 rings (SSSR count). The number of nitrogens with zero attached hydrogens (tertiary/aromatic N) is 2. The summed E-state index contributed by atoms with van der Waals surface area (Å²) in [5, 5.41) is 6.01. The summed E-state index contributed by atoms with van der Waals surface area (Å²) in [6, 6.07) is 13.9. The summed E-state index contributed by atoms with van der Waals surface area (Å²) in [4.78, 5) is 50.5. The highest BCUT2D eigenvalue weighted by Gasteiger charge is 2.35. The Labute approximate surface area is 196 Å². The highest BCUT2D eigenvalue weighted by atomic mass is 16.5. The van der Waals surface area contributed by atoms with Gasteiger partial charge >= 0.3 is 12.0 Å². The lowest BCUT2D eigenvalue weighted by molar-refractivity contribution is -0.143. The number of benzene rings is 2. The Morgan fingerprint density at radius 2 is 1.79 bits per heavy atom. The molecule has 0 saturated carbocycles. The maximum Gasteiger partial charge on any atom is 0.329 e. The Morgan fingerprint density at radius 1 is 1.06 bits per heavy atom. The molecule has 2 heterocycles. The number of nitrogens with one attached hydrogen (secondary N) is 2. The number of hydrogen-bond donors (Lipinski definition) is 2. The molecular formula is C25H24N4O5. The molecule has 1 saturated heterocycles. The number of carbonyl (C=O) groups is 4. The fourth-order valence-corrected chi connectivity index (χ4v) is 3.72. The number of urea groups is 1. The van der Waals surface area contributed by atoms with Gasteiger partial charge in [-0.1, -0.05) is 35.9 Å². The number of esters is 1. The van der Waals surface area contributed by atoms with Crippen molar-refractivity contribution >= 4 is 46.5 Å². The van der Waals surface area contributed by atoms with Crippen LogP contribution in [0.3, 0.4) is 0 Å². The number of hydrogen-bond acceptors (Lipinski definition) is 5. The Kier molecular flexibility index (Phi) is 6.44. The zero-order valence-corrected chi connectivity index (χ0v) is 18.8. The van der Waals surface area contributed by atoms with Gasteiger partial charge in [-0.2, -0.15) is 0 Å². The van der Waals surface area contributed by atoms with Crippen LogP contribution in [0.1, 0.15) is 18.1 Å². The number of aryl methyl sites for hydroxylation is 1. The highest BCUT2D eigenvalue weighted by Crippen LogP contribution is 2.25. The van der Waals surface area contributed by atoms with E-state index in [-0.39, 0.29) is 24.8 Å². The van der Waals surface area contributed by atoms with Gasteiger partial charge < -0.3 is 19.9 Å². The van der Waals surface area contributed by atoms with E-state index >= 15 is 0 Å². The van der Waals surface area contributed by atoms with Crippen molar-refractivity contribution in [3.05, 3.63) is 71.6 Å². The summed E-state index contributed by atoms with van der Waals surface area (Å²) in [5.41, 5.74) is 3.11. The topological polar surface area (TPSA) is 110 Å².